The summed E-state index contributed by atoms with van der Waals surface area (Å²) in [7, 11) is 0. The summed E-state index contributed by atoms with van der Waals surface area (Å²) in [6, 6.07) is -1.11. The number of carboxylic acid groups (broad SMARTS) is 2. The second-order valence-electron chi connectivity index (χ2n) is 4.25. The first-order chi connectivity index (χ1) is 7.46. The number of nitrogens with one attached hydrogen (secondary N) is 1. The van der Waals surface area contributed by atoms with Crippen LogP contribution in [0.1, 0.15) is 12.8 Å². The van der Waals surface area contributed by atoms with Gasteiger partial charge in [-0.25, -0.2) is 9.59 Å². The number of nitrogens with zero attached hydrogens (tertiary/aromatic N) is 1. The Morgan fingerprint density at radius 1 is 1.44 bits per heavy atom. The molecule has 0 unspecified atom stereocenters. The number of carboxylic acids is 1. The first-order valence-electron chi connectivity index (χ1n) is 4.97. The van der Waals surface area contributed by atoms with Crippen molar-refractivity contribution in [1.82, 2.24) is 10.2 Å². The molecule has 2 aliphatic heterocycles. The molecule has 16 heavy (non-hydrogen) atoms. The Hall–Kier alpha value is -1.79. The van der Waals surface area contributed by atoms with Crippen LogP contribution in [0.4, 0.5) is 4.79 Å². The monoisotopic (exact) mass is 228 g/mol. The SMILES string of the molecule is O=C(O)[C@@H]1C[C@@]2(CCNC2=O)CN1C(=O)O. The lowest BCUT2D eigenvalue weighted by Gasteiger charge is -2.19. The Labute approximate surface area is 91.0 Å². The molecule has 7 heteroatoms. The van der Waals surface area contributed by atoms with Gasteiger partial charge in [0, 0.05) is 13.1 Å². The number of rotatable bonds is 1. The Kier molecular flexibility index (Phi) is 2.25. The minimum atomic E-state index is -1.29. The number of hydrogen-bond donors (Lipinski definition) is 3. The van der Waals surface area contributed by atoms with Crippen molar-refractivity contribution in [3.8, 4) is 0 Å². The molecule has 2 fully saturated rings. The van der Waals surface area contributed by atoms with E-state index < -0.39 is 23.5 Å². The fourth-order valence-electron chi connectivity index (χ4n) is 2.46. The van der Waals surface area contributed by atoms with Gasteiger partial charge in [0.25, 0.3) is 0 Å². The van der Waals surface area contributed by atoms with E-state index in [2.05, 4.69) is 5.32 Å². The minimum Gasteiger partial charge on any atom is -0.480 e. The van der Waals surface area contributed by atoms with Gasteiger partial charge in [-0.15, -0.1) is 0 Å². The van der Waals surface area contributed by atoms with E-state index in [0.717, 1.165) is 4.90 Å². The van der Waals surface area contributed by atoms with Gasteiger partial charge in [0.2, 0.25) is 5.91 Å². The first kappa shape index (κ1) is 10.7. The third-order valence-electron chi connectivity index (χ3n) is 3.33. The van der Waals surface area contributed by atoms with Crippen LogP contribution in [0.5, 0.6) is 0 Å². The van der Waals surface area contributed by atoms with Crippen LogP contribution in [0.15, 0.2) is 0 Å². The zero-order valence-corrected chi connectivity index (χ0v) is 8.47. The molecule has 2 aliphatic rings. The van der Waals surface area contributed by atoms with Crippen molar-refractivity contribution in [2.75, 3.05) is 13.1 Å². The third-order valence-corrected chi connectivity index (χ3v) is 3.33. The van der Waals surface area contributed by atoms with E-state index in [1.807, 2.05) is 0 Å². The van der Waals surface area contributed by atoms with E-state index in [1.54, 1.807) is 0 Å². The third kappa shape index (κ3) is 1.39. The van der Waals surface area contributed by atoms with E-state index in [0.29, 0.717) is 13.0 Å². The first-order valence-corrected chi connectivity index (χ1v) is 4.97. The Morgan fingerprint density at radius 2 is 2.12 bits per heavy atom. The second-order valence-corrected chi connectivity index (χ2v) is 4.25. The molecule has 2 saturated heterocycles. The van der Waals surface area contributed by atoms with E-state index in [1.165, 1.54) is 0 Å². The summed E-state index contributed by atoms with van der Waals surface area (Å²) in [6.45, 7) is 0.462. The van der Waals surface area contributed by atoms with Crippen LogP contribution in [-0.2, 0) is 9.59 Å². The molecule has 88 valence electrons. The molecule has 2 heterocycles. The zero-order chi connectivity index (χ0) is 11.9. The van der Waals surface area contributed by atoms with E-state index in [4.69, 9.17) is 10.2 Å². The lowest BCUT2D eigenvalue weighted by molar-refractivity contribution is -0.141. The predicted octanol–water partition coefficient (Wildman–Crippen LogP) is -0.670. The molecular weight excluding hydrogens is 216 g/mol. The van der Waals surface area contributed by atoms with Crippen molar-refractivity contribution in [1.29, 1.82) is 0 Å². The van der Waals surface area contributed by atoms with Crippen LogP contribution in [-0.4, -0.2) is 52.2 Å². The van der Waals surface area contributed by atoms with Crippen molar-refractivity contribution >= 4 is 18.0 Å². The van der Waals surface area contributed by atoms with Gasteiger partial charge < -0.3 is 15.5 Å². The molecule has 3 N–H and O–H groups in total. The van der Waals surface area contributed by atoms with Gasteiger partial charge in [-0.3, -0.25) is 9.69 Å². The summed E-state index contributed by atoms with van der Waals surface area (Å²) in [5, 5.41) is 20.4. The largest absolute Gasteiger partial charge is 0.480 e. The number of aliphatic carboxylic acids is 1. The maximum absolute atomic E-state index is 11.6. The highest BCUT2D eigenvalue weighted by molar-refractivity contribution is 5.89. The normalized spacial score (nSPS) is 33.1. The molecule has 1 spiro atoms. The predicted molar refractivity (Wildman–Crippen MR) is 50.8 cm³/mol. The maximum Gasteiger partial charge on any atom is 0.408 e. The minimum absolute atomic E-state index is 0.0227. The molecule has 7 nitrogen and oxygen atoms in total. The molecule has 0 aromatic rings. The van der Waals surface area contributed by atoms with Gasteiger partial charge in [0.05, 0.1) is 5.41 Å². The molecule has 0 aromatic carbocycles. The van der Waals surface area contributed by atoms with Gasteiger partial charge in [-0.1, -0.05) is 0 Å². The summed E-state index contributed by atoms with van der Waals surface area (Å²) in [5.41, 5.74) is -0.832. The lowest BCUT2D eigenvalue weighted by atomic mass is 9.84. The highest BCUT2D eigenvalue weighted by Crippen LogP contribution is 2.40. The average molecular weight is 228 g/mol. The summed E-state index contributed by atoms with van der Waals surface area (Å²) < 4.78 is 0. The van der Waals surface area contributed by atoms with Gasteiger partial charge in [-0.05, 0) is 12.8 Å². The van der Waals surface area contributed by atoms with E-state index >= 15 is 0 Å². The van der Waals surface area contributed by atoms with Gasteiger partial charge in [0.15, 0.2) is 0 Å². The molecule has 2 rings (SSSR count). The van der Waals surface area contributed by atoms with Crippen molar-refractivity contribution in [2.24, 2.45) is 5.41 Å². The zero-order valence-electron chi connectivity index (χ0n) is 8.47. The van der Waals surface area contributed by atoms with Crippen LogP contribution in [0.25, 0.3) is 0 Å². The molecular formula is C9H12N2O5. The highest BCUT2D eigenvalue weighted by atomic mass is 16.4. The number of amides is 2. The summed E-state index contributed by atoms with van der Waals surface area (Å²) >= 11 is 0. The van der Waals surface area contributed by atoms with Gasteiger partial charge in [-0.2, -0.15) is 0 Å². The summed E-state index contributed by atoms with van der Waals surface area (Å²) in [4.78, 5) is 34.3. The van der Waals surface area contributed by atoms with Crippen LogP contribution in [0.2, 0.25) is 0 Å². The van der Waals surface area contributed by atoms with Crippen molar-refractivity contribution in [3.05, 3.63) is 0 Å². The van der Waals surface area contributed by atoms with Crippen LogP contribution < -0.4 is 5.32 Å². The Morgan fingerprint density at radius 3 is 2.50 bits per heavy atom. The molecule has 0 saturated carbocycles. The van der Waals surface area contributed by atoms with Crippen LogP contribution in [0, 0.1) is 5.41 Å². The molecule has 2 amide bonds. The smallest absolute Gasteiger partial charge is 0.408 e. The van der Waals surface area contributed by atoms with E-state index in [-0.39, 0.29) is 18.9 Å². The standard InChI is InChI=1S/C9H12N2O5/c12-6(13)5-3-9(1-2-10-7(9)14)4-11(5)8(15)16/h5H,1-4H2,(H,10,14)(H,12,13)(H,15,16)/t5-,9-/m0/s1. The quantitative estimate of drug-likeness (QED) is 0.551. The van der Waals surface area contributed by atoms with Crippen molar-refractivity contribution in [2.45, 2.75) is 18.9 Å². The number of hydrogen-bond acceptors (Lipinski definition) is 3. The summed E-state index contributed by atoms with van der Waals surface area (Å²) in [5.74, 6) is -1.43. The average Bonchev–Trinajstić information content (AvgIpc) is 2.74. The van der Waals surface area contributed by atoms with Crippen molar-refractivity contribution in [3.63, 3.8) is 0 Å². The lowest BCUT2D eigenvalue weighted by Crippen LogP contribution is -2.40. The second kappa shape index (κ2) is 3.36. The van der Waals surface area contributed by atoms with Crippen LogP contribution in [0.3, 0.4) is 0 Å². The number of likely N-dealkylation sites (tertiary alicyclic amines) is 1. The fourth-order valence-corrected chi connectivity index (χ4v) is 2.46. The fraction of sp³-hybridized carbons (Fsp3) is 0.667. The van der Waals surface area contributed by atoms with Gasteiger partial charge in [0.1, 0.15) is 6.04 Å². The highest BCUT2D eigenvalue weighted by Gasteiger charge is 2.55. The Bertz CT molecular complexity index is 345. The van der Waals surface area contributed by atoms with Crippen LogP contribution >= 0.6 is 0 Å². The molecule has 0 bridgehead atoms. The Balaban J connectivity index is 2.27. The molecule has 0 aliphatic carbocycles. The van der Waals surface area contributed by atoms with Crippen molar-refractivity contribution < 1.29 is 24.6 Å². The molecule has 0 radical (unpaired) electrons. The van der Waals surface area contributed by atoms with E-state index in [9.17, 15) is 14.4 Å². The number of carbonyl (C=O) groups excluding carboxylic acids is 1. The summed E-state index contributed by atoms with van der Waals surface area (Å²) in [6.07, 6.45) is -0.719. The molecule has 0 aromatic heterocycles. The molecule has 2 atom stereocenters. The van der Waals surface area contributed by atoms with Gasteiger partial charge >= 0.3 is 12.1 Å². The topological polar surface area (TPSA) is 107 Å². The number of carbonyl (C=O) groups is 3. The maximum atomic E-state index is 11.6.